The van der Waals surface area contributed by atoms with Crippen LogP contribution in [0.2, 0.25) is 0 Å². The lowest BCUT2D eigenvalue weighted by atomic mass is 10.0. The number of aromatic nitrogens is 1. The van der Waals surface area contributed by atoms with E-state index in [0.717, 1.165) is 38.5 Å². The maximum Gasteiger partial charge on any atom is 0.433 e. The predicted octanol–water partition coefficient (Wildman–Crippen LogP) is 4.83. The summed E-state index contributed by atoms with van der Waals surface area (Å²) < 4.78 is 45.7. The SMILES string of the molecule is COc1ccc2nc(C(F)(F)F)cc(N3CCN(CCCCC(N)C(=O)c4ccsc4)CC3)c2c1. The van der Waals surface area contributed by atoms with Crippen molar-refractivity contribution < 1.29 is 22.7 Å². The standard InChI is InChI=1S/C25H29F3N4O2S/c1-34-18-5-6-21-19(14-18)22(15-23(30-21)25(26,27)28)32-11-9-31(10-12-32)8-3-2-4-20(29)24(33)17-7-13-35-16-17/h5-7,13-16,20H,2-4,8-12,29H2,1H3. The first-order valence-corrected chi connectivity index (χ1v) is 12.6. The Morgan fingerprint density at radius 1 is 1.17 bits per heavy atom. The highest BCUT2D eigenvalue weighted by molar-refractivity contribution is 7.08. The van der Waals surface area contributed by atoms with Gasteiger partial charge in [0.05, 0.1) is 18.7 Å². The van der Waals surface area contributed by atoms with Crippen LogP contribution in [0.1, 0.15) is 35.3 Å². The molecule has 1 fully saturated rings. The molecule has 3 aromatic rings. The second-order valence-corrected chi connectivity index (χ2v) is 9.49. The molecule has 0 spiro atoms. The van der Waals surface area contributed by atoms with E-state index in [9.17, 15) is 18.0 Å². The van der Waals surface area contributed by atoms with Crippen molar-refractivity contribution in [2.24, 2.45) is 5.73 Å². The van der Waals surface area contributed by atoms with Crippen molar-refractivity contribution in [3.8, 4) is 5.75 Å². The number of unbranched alkanes of at least 4 members (excludes halogenated alkanes) is 1. The second-order valence-electron chi connectivity index (χ2n) is 8.71. The Bertz CT molecular complexity index is 1150. The maximum absolute atomic E-state index is 13.5. The summed E-state index contributed by atoms with van der Waals surface area (Å²) in [5.74, 6) is 0.564. The summed E-state index contributed by atoms with van der Waals surface area (Å²) in [5.41, 5.74) is 6.67. The normalized spacial score (nSPS) is 16.0. The van der Waals surface area contributed by atoms with E-state index in [-0.39, 0.29) is 5.78 Å². The molecule has 2 N–H and O–H groups in total. The minimum absolute atomic E-state index is 0.0145. The number of piperazine rings is 1. The van der Waals surface area contributed by atoms with Gasteiger partial charge in [-0.2, -0.15) is 24.5 Å². The summed E-state index contributed by atoms with van der Waals surface area (Å²) in [6.07, 6.45) is -2.12. The summed E-state index contributed by atoms with van der Waals surface area (Å²) in [5, 5.41) is 4.34. The number of benzene rings is 1. The topological polar surface area (TPSA) is 71.7 Å². The van der Waals surface area contributed by atoms with Crippen LogP contribution in [0.4, 0.5) is 18.9 Å². The molecule has 1 atom stereocenters. The number of thiophene rings is 1. The van der Waals surface area contributed by atoms with Gasteiger partial charge in [0.1, 0.15) is 11.4 Å². The maximum atomic E-state index is 13.5. The van der Waals surface area contributed by atoms with Crippen LogP contribution in [-0.2, 0) is 6.18 Å². The zero-order chi connectivity index (χ0) is 25.0. The lowest BCUT2D eigenvalue weighted by Crippen LogP contribution is -2.46. The number of pyridine rings is 1. The van der Waals surface area contributed by atoms with Crippen LogP contribution in [0, 0.1) is 0 Å². The van der Waals surface area contributed by atoms with Crippen molar-refractivity contribution in [3.63, 3.8) is 0 Å². The summed E-state index contributed by atoms with van der Waals surface area (Å²) in [6.45, 7) is 3.59. The number of nitrogens with two attached hydrogens (primary N) is 1. The molecule has 1 aromatic carbocycles. The number of fused-ring (bicyclic) bond motifs is 1. The number of methoxy groups -OCH3 is 1. The number of carbonyl (C=O) groups excluding carboxylic acids is 1. The Labute approximate surface area is 206 Å². The number of ether oxygens (including phenoxy) is 1. The molecule has 1 aliphatic heterocycles. The highest BCUT2D eigenvalue weighted by Gasteiger charge is 2.34. The lowest BCUT2D eigenvalue weighted by Gasteiger charge is -2.37. The Hall–Kier alpha value is -2.69. The lowest BCUT2D eigenvalue weighted by molar-refractivity contribution is -0.140. The third kappa shape index (κ3) is 6.12. The number of anilines is 1. The van der Waals surface area contributed by atoms with Gasteiger partial charge in [0.15, 0.2) is 5.78 Å². The van der Waals surface area contributed by atoms with Gasteiger partial charge in [-0.1, -0.05) is 6.42 Å². The van der Waals surface area contributed by atoms with E-state index < -0.39 is 17.9 Å². The molecule has 6 nitrogen and oxygen atoms in total. The fraction of sp³-hybridized carbons (Fsp3) is 0.440. The molecular formula is C25H29F3N4O2S. The minimum atomic E-state index is -4.52. The molecule has 1 saturated heterocycles. The van der Waals surface area contributed by atoms with Crippen molar-refractivity contribution in [1.82, 2.24) is 9.88 Å². The van der Waals surface area contributed by atoms with Gasteiger partial charge in [0.2, 0.25) is 0 Å². The van der Waals surface area contributed by atoms with E-state index in [1.165, 1.54) is 18.4 Å². The first kappa shape index (κ1) is 25.4. The predicted molar refractivity (Wildman–Crippen MR) is 132 cm³/mol. The quantitative estimate of drug-likeness (QED) is 0.331. The van der Waals surface area contributed by atoms with Gasteiger partial charge in [-0.3, -0.25) is 9.69 Å². The highest BCUT2D eigenvalue weighted by Crippen LogP contribution is 2.36. The van der Waals surface area contributed by atoms with Crippen LogP contribution >= 0.6 is 11.3 Å². The van der Waals surface area contributed by atoms with Crippen LogP contribution in [0.5, 0.6) is 5.75 Å². The number of Topliss-reactive ketones (excluding diaryl/α,β-unsaturated/α-hetero) is 1. The molecule has 0 aliphatic carbocycles. The van der Waals surface area contributed by atoms with Gasteiger partial charge in [-0.25, -0.2) is 4.98 Å². The molecule has 35 heavy (non-hydrogen) atoms. The van der Waals surface area contributed by atoms with E-state index in [0.29, 0.717) is 47.4 Å². The average Bonchev–Trinajstić information content (AvgIpc) is 3.40. The van der Waals surface area contributed by atoms with Gasteiger partial charge in [0, 0.05) is 48.2 Å². The van der Waals surface area contributed by atoms with Crippen molar-refractivity contribution in [2.45, 2.75) is 31.5 Å². The fourth-order valence-electron chi connectivity index (χ4n) is 4.38. The molecule has 0 bridgehead atoms. The highest BCUT2D eigenvalue weighted by atomic mass is 32.1. The number of halogens is 3. The zero-order valence-electron chi connectivity index (χ0n) is 19.6. The number of ketones is 1. The fourth-order valence-corrected chi connectivity index (χ4v) is 5.03. The summed E-state index contributed by atoms with van der Waals surface area (Å²) in [7, 11) is 1.53. The Morgan fingerprint density at radius 3 is 2.60 bits per heavy atom. The number of alkyl halides is 3. The van der Waals surface area contributed by atoms with Crippen LogP contribution in [0.3, 0.4) is 0 Å². The number of rotatable bonds is 9. The third-order valence-corrected chi connectivity index (χ3v) is 7.06. The van der Waals surface area contributed by atoms with Crippen LogP contribution in [0.25, 0.3) is 10.9 Å². The van der Waals surface area contributed by atoms with E-state index in [1.807, 2.05) is 15.7 Å². The van der Waals surface area contributed by atoms with Gasteiger partial charge in [-0.05, 0) is 55.1 Å². The molecule has 4 rings (SSSR count). The molecule has 1 unspecified atom stereocenters. The first-order valence-electron chi connectivity index (χ1n) is 11.6. The van der Waals surface area contributed by atoms with Crippen LogP contribution in [0.15, 0.2) is 41.1 Å². The molecule has 2 aromatic heterocycles. The Morgan fingerprint density at radius 2 is 1.94 bits per heavy atom. The number of hydrogen-bond donors (Lipinski definition) is 1. The van der Waals surface area contributed by atoms with Gasteiger partial charge in [0.25, 0.3) is 0 Å². The van der Waals surface area contributed by atoms with Gasteiger partial charge >= 0.3 is 6.18 Å². The first-order chi connectivity index (χ1) is 16.8. The van der Waals surface area contributed by atoms with Crippen molar-refractivity contribution in [3.05, 3.63) is 52.3 Å². The number of nitrogens with zero attached hydrogens (tertiary/aromatic N) is 3. The second kappa shape index (κ2) is 10.9. The molecule has 0 saturated carbocycles. The third-order valence-electron chi connectivity index (χ3n) is 6.38. The molecule has 0 amide bonds. The van der Waals surface area contributed by atoms with Crippen molar-refractivity contribution >= 4 is 33.7 Å². The molecule has 10 heteroatoms. The monoisotopic (exact) mass is 506 g/mol. The summed E-state index contributed by atoms with van der Waals surface area (Å²) in [6, 6.07) is 7.38. The van der Waals surface area contributed by atoms with Crippen molar-refractivity contribution in [1.29, 1.82) is 0 Å². The molecule has 1 aliphatic rings. The van der Waals surface area contributed by atoms with Crippen LogP contribution < -0.4 is 15.4 Å². The van der Waals surface area contributed by atoms with Crippen LogP contribution in [-0.4, -0.2) is 61.5 Å². The van der Waals surface area contributed by atoms with E-state index >= 15 is 0 Å². The van der Waals surface area contributed by atoms with Crippen molar-refractivity contribution in [2.75, 3.05) is 44.7 Å². The average molecular weight is 507 g/mol. The van der Waals surface area contributed by atoms with E-state index in [2.05, 4.69) is 9.88 Å². The zero-order valence-corrected chi connectivity index (χ0v) is 20.4. The van der Waals surface area contributed by atoms with E-state index in [1.54, 1.807) is 24.3 Å². The molecular weight excluding hydrogens is 477 g/mol. The smallest absolute Gasteiger partial charge is 0.433 e. The van der Waals surface area contributed by atoms with E-state index in [4.69, 9.17) is 10.5 Å². The van der Waals surface area contributed by atoms with Gasteiger partial charge in [-0.15, -0.1) is 0 Å². The number of hydrogen-bond acceptors (Lipinski definition) is 7. The largest absolute Gasteiger partial charge is 0.497 e. The molecule has 3 heterocycles. The molecule has 188 valence electrons. The minimum Gasteiger partial charge on any atom is -0.497 e. The molecule has 0 radical (unpaired) electrons. The summed E-state index contributed by atoms with van der Waals surface area (Å²) >= 11 is 1.48. The summed E-state index contributed by atoms with van der Waals surface area (Å²) in [4.78, 5) is 20.4. The Kier molecular flexibility index (Phi) is 7.93. The Balaban J connectivity index is 1.34. The van der Waals surface area contributed by atoms with Gasteiger partial charge < -0.3 is 15.4 Å². The number of carbonyl (C=O) groups is 1.